The lowest BCUT2D eigenvalue weighted by Crippen LogP contribution is -2.19. The number of hydrogen-bond donors (Lipinski definition) is 1. The highest BCUT2D eigenvalue weighted by Gasteiger charge is 2.11. The van der Waals surface area contributed by atoms with Crippen LogP contribution in [-0.4, -0.2) is 32.2 Å². The molecule has 0 unspecified atom stereocenters. The summed E-state index contributed by atoms with van der Waals surface area (Å²) in [6, 6.07) is 7.95. The first-order valence-electron chi connectivity index (χ1n) is 7.85. The van der Waals surface area contributed by atoms with E-state index in [0.717, 1.165) is 36.6 Å². The van der Waals surface area contributed by atoms with Gasteiger partial charge in [0.1, 0.15) is 0 Å². The van der Waals surface area contributed by atoms with Gasteiger partial charge >= 0.3 is 0 Å². The number of aryl methyl sites for hydroxylation is 2. The Hall–Kier alpha value is -2.23. The maximum atomic E-state index is 12.0. The molecule has 3 heterocycles. The molecule has 1 N–H and O–H groups in total. The normalized spacial score (nSPS) is 11.8. The molecule has 0 saturated heterocycles. The van der Waals surface area contributed by atoms with E-state index in [2.05, 4.69) is 20.5 Å². The smallest absolute Gasteiger partial charge is 0.250 e. The number of amides is 1. The minimum Gasteiger partial charge on any atom is -0.286 e. The number of thiazole rings is 2. The molecule has 0 bridgehead atoms. The van der Waals surface area contributed by atoms with Gasteiger partial charge in [-0.3, -0.25) is 9.20 Å². The summed E-state index contributed by atoms with van der Waals surface area (Å²) in [6.07, 6.45) is 1.65. The van der Waals surface area contributed by atoms with Crippen LogP contribution in [0.15, 0.2) is 39.1 Å². The predicted molar refractivity (Wildman–Crippen MR) is 109 cm³/mol. The van der Waals surface area contributed by atoms with E-state index in [1.165, 1.54) is 11.8 Å². The molecule has 0 saturated carbocycles. The summed E-state index contributed by atoms with van der Waals surface area (Å²) in [4.78, 5) is 22.0. The number of imidazole rings is 1. The number of rotatable bonds is 5. The molecule has 0 aliphatic rings. The zero-order valence-electron chi connectivity index (χ0n) is 14.1. The summed E-state index contributed by atoms with van der Waals surface area (Å²) in [7, 11) is 0. The van der Waals surface area contributed by atoms with E-state index >= 15 is 0 Å². The molecule has 0 atom stereocenters. The third-order valence-corrected chi connectivity index (χ3v) is 6.85. The molecule has 0 spiro atoms. The third-order valence-electron chi connectivity index (χ3n) is 3.73. The quantitative estimate of drug-likeness (QED) is 0.313. The monoisotopic (exact) mass is 401 g/mol. The van der Waals surface area contributed by atoms with Gasteiger partial charge in [-0.15, -0.1) is 22.7 Å². The lowest BCUT2D eigenvalue weighted by atomic mass is 10.3. The number of carbonyl (C=O) groups is 1. The maximum Gasteiger partial charge on any atom is 0.250 e. The molecule has 3 aromatic heterocycles. The molecule has 1 aromatic carbocycles. The minimum atomic E-state index is -0.161. The number of aromatic nitrogens is 3. The van der Waals surface area contributed by atoms with Gasteiger partial charge in [0.05, 0.1) is 33.6 Å². The van der Waals surface area contributed by atoms with Crippen molar-refractivity contribution in [1.29, 1.82) is 0 Å². The molecular weight excluding hydrogens is 386 g/mol. The van der Waals surface area contributed by atoms with Gasteiger partial charge in [0, 0.05) is 11.1 Å². The van der Waals surface area contributed by atoms with Crippen molar-refractivity contribution in [2.24, 2.45) is 5.10 Å². The number of hydrazone groups is 1. The first kappa shape index (κ1) is 17.2. The van der Waals surface area contributed by atoms with Crippen LogP contribution in [0.25, 0.3) is 15.2 Å². The molecule has 4 rings (SSSR count). The summed E-state index contributed by atoms with van der Waals surface area (Å²) < 4.78 is 4.04. The van der Waals surface area contributed by atoms with Gasteiger partial charge in [-0.25, -0.2) is 15.4 Å². The molecule has 4 aromatic rings. The van der Waals surface area contributed by atoms with Crippen molar-refractivity contribution in [1.82, 2.24) is 19.8 Å². The average Bonchev–Trinajstić information content (AvgIpc) is 3.28. The van der Waals surface area contributed by atoms with Crippen molar-refractivity contribution in [3.05, 3.63) is 46.7 Å². The average molecular weight is 402 g/mol. The van der Waals surface area contributed by atoms with Crippen LogP contribution < -0.4 is 5.43 Å². The highest BCUT2D eigenvalue weighted by Crippen LogP contribution is 2.29. The maximum absolute atomic E-state index is 12.0. The lowest BCUT2D eigenvalue weighted by Gasteiger charge is -1.99. The Labute approximate surface area is 162 Å². The van der Waals surface area contributed by atoms with Crippen LogP contribution in [0.3, 0.4) is 0 Å². The minimum absolute atomic E-state index is 0.161. The SMILES string of the molecule is Cc1nc2scc(C)n2c1/C=N/NC(=O)CSc1nc2ccccc2s1. The topological polar surface area (TPSA) is 71.7 Å². The van der Waals surface area contributed by atoms with Gasteiger partial charge in [-0.1, -0.05) is 23.9 Å². The van der Waals surface area contributed by atoms with Crippen molar-refractivity contribution in [3.63, 3.8) is 0 Å². The van der Waals surface area contributed by atoms with Crippen molar-refractivity contribution >= 4 is 61.7 Å². The number of nitrogens with one attached hydrogen (secondary N) is 1. The first-order chi connectivity index (χ1) is 12.6. The van der Waals surface area contributed by atoms with Gasteiger partial charge in [0.25, 0.3) is 5.91 Å². The number of fused-ring (bicyclic) bond motifs is 2. The number of benzene rings is 1. The van der Waals surface area contributed by atoms with E-state index in [0.29, 0.717) is 0 Å². The van der Waals surface area contributed by atoms with E-state index in [9.17, 15) is 4.79 Å². The van der Waals surface area contributed by atoms with Crippen molar-refractivity contribution in [3.8, 4) is 0 Å². The second-order valence-corrected chi connectivity index (χ2v) is 8.70. The van der Waals surface area contributed by atoms with E-state index in [1.807, 2.05) is 47.9 Å². The van der Waals surface area contributed by atoms with Gasteiger partial charge in [-0.05, 0) is 26.0 Å². The van der Waals surface area contributed by atoms with Crippen LogP contribution in [0.4, 0.5) is 0 Å². The fourth-order valence-electron chi connectivity index (χ4n) is 2.52. The molecule has 132 valence electrons. The van der Waals surface area contributed by atoms with Crippen molar-refractivity contribution < 1.29 is 4.79 Å². The zero-order chi connectivity index (χ0) is 18.1. The summed E-state index contributed by atoms with van der Waals surface area (Å²) in [6.45, 7) is 3.96. The van der Waals surface area contributed by atoms with Crippen LogP contribution in [-0.2, 0) is 4.79 Å². The summed E-state index contributed by atoms with van der Waals surface area (Å²) in [5.74, 6) is 0.112. The lowest BCUT2D eigenvalue weighted by molar-refractivity contribution is -0.118. The second-order valence-electron chi connectivity index (χ2n) is 5.61. The number of carbonyl (C=O) groups excluding carboxylic acids is 1. The Morgan fingerprint density at radius 3 is 3.04 bits per heavy atom. The molecule has 26 heavy (non-hydrogen) atoms. The molecule has 0 fully saturated rings. The highest BCUT2D eigenvalue weighted by atomic mass is 32.2. The van der Waals surface area contributed by atoms with E-state index < -0.39 is 0 Å². The first-order valence-corrected chi connectivity index (χ1v) is 10.5. The van der Waals surface area contributed by atoms with Crippen LogP contribution in [0.1, 0.15) is 17.1 Å². The molecule has 9 heteroatoms. The van der Waals surface area contributed by atoms with Gasteiger partial charge < -0.3 is 0 Å². The number of thioether (sulfide) groups is 1. The third kappa shape index (κ3) is 3.37. The Morgan fingerprint density at radius 2 is 2.19 bits per heavy atom. The van der Waals surface area contributed by atoms with Crippen LogP contribution >= 0.6 is 34.4 Å². The zero-order valence-corrected chi connectivity index (χ0v) is 16.5. The molecule has 6 nitrogen and oxygen atoms in total. The molecule has 0 radical (unpaired) electrons. The number of hydrogen-bond acceptors (Lipinski definition) is 7. The van der Waals surface area contributed by atoms with E-state index in [1.54, 1.807) is 28.9 Å². The summed E-state index contributed by atoms with van der Waals surface area (Å²) in [5, 5.41) is 6.14. The van der Waals surface area contributed by atoms with Crippen LogP contribution in [0.2, 0.25) is 0 Å². The Morgan fingerprint density at radius 1 is 1.35 bits per heavy atom. The van der Waals surface area contributed by atoms with E-state index in [-0.39, 0.29) is 11.7 Å². The Balaban J connectivity index is 1.38. The van der Waals surface area contributed by atoms with E-state index in [4.69, 9.17) is 0 Å². The standard InChI is InChI=1S/C17H15N5OS3/c1-10-8-24-16-19-11(2)13(22(10)16)7-18-21-15(23)9-25-17-20-12-5-3-4-6-14(12)26-17/h3-8H,9H2,1-2H3,(H,21,23)/b18-7+. The van der Waals surface area contributed by atoms with Gasteiger partial charge in [0.15, 0.2) is 9.30 Å². The molecule has 1 amide bonds. The molecule has 0 aliphatic carbocycles. The fraction of sp³-hybridized carbons (Fsp3) is 0.176. The Bertz CT molecular complexity index is 1090. The Kier molecular flexibility index (Phi) is 4.75. The van der Waals surface area contributed by atoms with Crippen LogP contribution in [0.5, 0.6) is 0 Å². The molecule has 0 aliphatic heterocycles. The number of nitrogens with zero attached hydrogens (tertiary/aromatic N) is 4. The number of para-hydroxylation sites is 1. The molecular formula is C17H15N5OS3. The highest BCUT2D eigenvalue weighted by molar-refractivity contribution is 8.01. The van der Waals surface area contributed by atoms with Gasteiger partial charge in [-0.2, -0.15) is 5.10 Å². The van der Waals surface area contributed by atoms with Crippen LogP contribution in [0, 0.1) is 13.8 Å². The summed E-state index contributed by atoms with van der Waals surface area (Å²) in [5.41, 5.74) is 6.42. The van der Waals surface area contributed by atoms with Crippen molar-refractivity contribution in [2.45, 2.75) is 18.2 Å². The summed E-state index contributed by atoms with van der Waals surface area (Å²) >= 11 is 4.60. The second kappa shape index (κ2) is 7.18. The van der Waals surface area contributed by atoms with Gasteiger partial charge in [0.2, 0.25) is 0 Å². The van der Waals surface area contributed by atoms with Crippen molar-refractivity contribution in [2.75, 3.05) is 5.75 Å². The fourth-order valence-corrected chi connectivity index (χ4v) is 5.29. The largest absolute Gasteiger partial charge is 0.286 e. The predicted octanol–water partition coefficient (Wildman–Crippen LogP) is 3.86.